The van der Waals surface area contributed by atoms with Gasteiger partial charge in [-0.3, -0.25) is 9.59 Å². The average Bonchev–Trinajstić information content (AvgIpc) is 1.63. The normalized spacial score (nSPS) is 9.60. The Labute approximate surface area is 79.6 Å². The first kappa shape index (κ1) is 12.5. The molecule has 0 saturated carbocycles. The van der Waals surface area contributed by atoms with Crippen LogP contribution in [0.5, 0.6) is 0 Å². The second kappa shape index (κ2) is 6.92. The summed E-state index contributed by atoms with van der Waals surface area (Å²) in [4.78, 5) is 19.9. The van der Waals surface area contributed by atoms with Gasteiger partial charge in [0.25, 0.3) is 0 Å². The molecule has 0 aromatic carbocycles. The standard InChI is InChI=1S/C6H8O3.Pb.2H/c1-5(3-4-7)9-6(2)8;;;/h3-4H,1-2H3;;;. The van der Waals surface area contributed by atoms with Crippen LogP contribution in [0.4, 0.5) is 0 Å². The van der Waals surface area contributed by atoms with Gasteiger partial charge in [-0.25, -0.2) is 0 Å². The second-order valence-electron chi connectivity index (χ2n) is 1.51. The summed E-state index contributed by atoms with van der Waals surface area (Å²) in [7, 11) is 0. The van der Waals surface area contributed by atoms with Gasteiger partial charge in [0.1, 0.15) is 12.0 Å². The van der Waals surface area contributed by atoms with Crippen LogP contribution in [0.1, 0.15) is 13.8 Å². The summed E-state index contributed by atoms with van der Waals surface area (Å²) in [5.41, 5.74) is 0. The number of rotatable bonds is 2. The zero-order valence-corrected chi connectivity index (χ0v) is 11.6. The van der Waals surface area contributed by atoms with Crippen LogP contribution >= 0.6 is 0 Å². The van der Waals surface area contributed by atoms with Gasteiger partial charge in [-0.15, -0.1) is 0 Å². The van der Waals surface area contributed by atoms with Crippen molar-refractivity contribution in [2.45, 2.75) is 13.8 Å². The Morgan fingerprint density at radius 3 is 2.20 bits per heavy atom. The van der Waals surface area contributed by atoms with Crippen LogP contribution in [0.2, 0.25) is 0 Å². The third kappa shape index (κ3) is 7.80. The number of carbonyl (C=O) groups is 2. The summed E-state index contributed by atoms with van der Waals surface area (Å²) >= 11 is 0. The predicted octanol–water partition coefficient (Wildman–Crippen LogP) is -0.264. The van der Waals surface area contributed by atoms with Crippen LogP contribution in [0.25, 0.3) is 0 Å². The molecule has 0 fully saturated rings. The van der Waals surface area contributed by atoms with E-state index in [0.717, 1.165) is 0 Å². The Morgan fingerprint density at radius 2 is 1.90 bits per heavy atom. The summed E-state index contributed by atoms with van der Waals surface area (Å²) in [6, 6.07) is 0. The van der Waals surface area contributed by atoms with Gasteiger partial charge >= 0.3 is 33.3 Å². The summed E-state index contributed by atoms with van der Waals surface area (Å²) < 4.78 is 4.48. The molecule has 0 aliphatic carbocycles. The quantitative estimate of drug-likeness (QED) is 0.229. The third-order valence-electron chi connectivity index (χ3n) is 0.607. The number of esters is 1. The zero-order valence-electron chi connectivity index (χ0n) is 6.09. The molecule has 0 N–H and O–H groups in total. The van der Waals surface area contributed by atoms with Gasteiger partial charge in [0, 0.05) is 13.0 Å². The first-order valence-electron chi connectivity index (χ1n) is 2.47. The molecule has 4 heteroatoms. The molecule has 0 saturated heterocycles. The minimum absolute atomic E-state index is 0. The van der Waals surface area contributed by atoms with Gasteiger partial charge in [0.15, 0.2) is 0 Å². The van der Waals surface area contributed by atoms with Gasteiger partial charge in [-0.1, -0.05) is 0 Å². The summed E-state index contributed by atoms with van der Waals surface area (Å²) in [5.74, 6) is -0.0944. The van der Waals surface area contributed by atoms with Crippen LogP contribution in [0.15, 0.2) is 11.8 Å². The SMILES string of the molecule is CC(=O)OC(C)=CC=O.[PbH2]. The number of hydrogen-bond donors (Lipinski definition) is 0. The van der Waals surface area contributed by atoms with Crippen molar-refractivity contribution in [2.24, 2.45) is 0 Å². The van der Waals surface area contributed by atoms with E-state index in [9.17, 15) is 9.59 Å². The first-order valence-corrected chi connectivity index (χ1v) is 2.47. The van der Waals surface area contributed by atoms with Gasteiger partial charge in [0.05, 0.1) is 0 Å². The van der Waals surface area contributed by atoms with E-state index in [2.05, 4.69) is 4.74 Å². The van der Waals surface area contributed by atoms with Gasteiger partial charge in [-0.2, -0.15) is 0 Å². The molecule has 2 radical (unpaired) electrons. The maximum absolute atomic E-state index is 10.2. The summed E-state index contributed by atoms with van der Waals surface area (Å²) in [6.45, 7) is 2.82. The Hall–Kier alpha value is -0.198. The fraction of sp³-hybridized carbons (Fsp3) is 0.333. The number of hydrogen-bond acceptors (Lipinski definition) is 3. The van der Waals surface area contributed by atoms with Crippen LogP contribution in [-0.2, 0) is 14.3 Å². The van der Waals surface area contributed by atoms with Gasteiger partial charge in [-0.05, 0) is 6.92 Å². The molecule has 0 aromatic rings. The molecule has 0 heterocycles. The average molecular weight is 337 g/mol. The number of ether oxygens (including phenoxy) is 1. The fourth-order valence-electron chi connectivity index (χ4n) is 0.357. The Balaban J connectivity index is 0. The first-order chi connectivity index (χ1) is 4.16. The fourth-order valence-corrected chi connectivity index (χ4v) is 0.357. The molecule has 0 aromatic heterocycles. The van der Waals surface area contributed by atoms with Crippen LogP contribution in [-0.4, -0.2) is 39.6 Å². The molecular formula is C6H10O3Pb. The molecule has 56 valence electrons. The van der Waals surface area contributed by atoms with Crippen molar-refractivity contribution in [1.29, 1.82) is 0 Å². The molecule has 0 atom stereocenters. The van der Waals surface area contributed by atoms with Crippen molar-refractivity contribution in [2.75, 3.05) is 0 Å². The topological polar surface area (TPSA) is 43.4 Å². The molecule has 0 unspecified atom stereocenters. The zero-order chi connectivity index (χ0) is 7.28. The van der Waals surface area contributed by atoms with Crippen LogP contribution in [0.3, 0.4) is 0 Å². The summed E-state index contributed by atoms with van der Waals surface area (Å²) in [5, 5.41) is 0. The van der Waals surface area contributed by atoms with Crippen LogP contribution in [0, 0.1) is 0 Å². The van der Waals surface area contributed by atoms with E-state index in [0.29, 0.717) is 12.0 Å². The van der Waals surface area contributed by atoms with Crippen molar-refractivity contribution >= 4 is 39.6 Å². The number of allylic oxidation sites excluding steroid dienone is 2. The summed E-state index contributed by atoms with van der Waals surface area (Å²) in [6.07, 6.45) is 1.75. The van der Waals surface area contributed by atoms with Crippen molar-refractivity contribution in [3.05, 3.63) is 11.8 Å². The Bertz CT molecular complexity index is 151. The number of aldehydes is 1. The Kier molecular flexibility index (Phi) is 8.63. The van der Waals surface area contributed by atoms with Crippen molar-refractivity contribution in [3.63, 3.8) is 0 Å². The molecule has 0 rings (SSSR count). The van der Waals surface area contributed by atoms with E-state index >= 15 is 0 Å². The number of carbonyl (C=O) groups excluding carboxylic acids is 2. The molecule has 0 spiro atoms. The van der Waals surface area contributed by atoms with Crippen LogP contribution < -0.4 is 0 Å². The van der Waals surface area contributed by atoms with Crippen molar-refractivity contribution in [1.82, 2.24) is 0 Å². The van der Waals surface area contributed by atoms with Crippen molar-refractivity contribution < 1.29 is 14.3 Å². The molecule has 0 amide bonds. The minimum atomic E-state index is -0.411. The van der Waals surface area contributed by atoms with E-state index in [4.69, 9.17) is 0 Å². The Morgan fingerprint density at radius 1 is 1.40 bits per heavy atom. The molecule has 3 nitrogen and oxygen atoms in total. The van der Waals surface area contributed by atoms with E-state index in [-0.39, 0.29) is 27.3 Å². The van der Waals surface area contributed by atoms with E-state index < -0.39 is 5.97 Å². The molecule has 10 heavy (non-hydrogen) atoms. The molecule has 0 aliphatic rings. The third-order valence-corrected chi connectivity index (χ3v) is 0.607. The van der Waals surface area contributed by atoms with E-state index in [1.807, 2.05) is 0 Å². The van der Waals surface area contributed by atoms with E-state index in [1.165, 1.54) is 19.9 Å². The molecule has 0 aliphatic heterocycles. The van der Waals surface area contributed by atoms with Gasteiger partial charge < -0.3 is 4.74 Å². The van der Waals surface area contributed by atoms with Gasteiger partial charge in [0.2, 0.25) is 0 Å². The monoisotopic (exact) mass is 338 g/mol. The maximum atomic E-state index is 10.2. The molecular weight excluding hydrogens is 327 g/mol. The molecule has 0 bridgehead atoms. The second-order valence-corrected chi connectivity index (χ2v) is 1.51. The van der Waals surface area contributed by atoms with Crippen molar-refractivity contribution in [3.8, 4) is 0 Å². The predicted molar refractivity (Wildman–Crippen MR) is 40.1 cm³/mol. The van der Waals surface area contributed by atoms with E-state index in [1.54, 1.807) is 0 Å².